The van der Waals surface area contributed by atoms with Gasteiger partial charge < -0.3 is 15.4 Å². The first-order valence-corrected chi connectivity index (χ1v) is 21.2. The van der Waals surface area contributed by atoms with Crippen molar-refractivity contribution in [1.29, 1.82) is 0 Å². The number of nitrogens with one attached hydrogen (secondary N) is 1. The molecule has 1 saturated heterocycles. The Labute approximate surface area is 340 Å². The Morgan fingerprint density at radius 3 is 2.25 bits per heavy atom. The summed E-state index contributed by atoms with van der Waals surface area (Å²) in [6.07, 6.45) is -2.44. The number of amides is 1. The molecular formula is C39H42ClF5N8O5S. The molecule has 4 atom stereocenters. The number of aromatic nitrogens is 5. The third-order valence-corrected chi connectivity index (χ3v) is 11.6. The lowest BCUT2D eigenvalue weighted by Gasteiger charge is -2.36. The van der Waals surface area contributed by atoms with Gasteiger partial charge in [0, 0.05) is 32.0 Å². The number of rotatable bonds is 9. The summed E-state index contributed by atoms with van der Waals surface area (Å²) >= 11 is 6.77. The molecular weight excluding hydrogens is 823 g/mol. The van der Waals surface area contributed by atoms with Crippen LogP contribution in [0.2, 0.25) is 5.02 Å². The molecule has 1 aliphatic heterocycles. The predicted octanol–water partition coefficient (Wildman–Crippen LogP) is 6.56. The second-order valence-corrected chi connectivity index (χ2v) is 17.8. The zero-order chi connectivity index (χ0) is 42.9. The van der Waals surface area contributed by atoms with Gasteiger partial charge in [-0.3, -0.25) is 18.9 Å². The second-order valence-electron chi connectivity index (χ2n) is 15.7. The summed E-state index contributed by atoms with van der Waals surface area (Å²) in [5.41, 5.74) is 3.56. The molecule has 13 nitrogen and oxygen atoms in total. The molecule has 316 valence electrons. The molecule has 1 aliphatic carbocycles. The van der Waals surface area contributed by atoms with Crippen LogP contribution in [0.15, 0.2) is 41.2 Å². The van der Waals surface area contributed by atoms with Gasteiger partial charge in [-0.05, 0) is 88.4 Å². The second kappa shape index (κ2) is 15.4. The third kappa shape index (κ3) is 8.38. The number of sulfonamides is 1. The van der Waals surface area contributed by atoms with E-state index in [2.05, 4.69) is 19.8 Å². The van der Waals surface area contributed by atoms with E-state index < -0.39 is 82.5 Å². The minimum absolute atomic E-state index is 0.00825. The lowest BCUT2D eigenvalue weighted by Crippen LogP contribution is -2.50. The number of pyridine rings is 1. The average Bonchev–Trinajstić information content (AvgIpc) is 3.50. The maximum atomic E-state index is 16.4. The van der Waals surface area contributed by atoms with Gasteiger partial charge in [-0.1, -0.05) is 11.6 Å². The molecule has 0 bridgehead atoms. The van der Waals surface area contributed by atoms with E-state index in [9.17, 15) is 30.8 Å². The van der Waals surface area contributed by atoms with Crippen molar-refractivity contribution in [3.05, 3.63) is 86.1 Å². The Hall–Kier alpha value is -4.72. The van der Waals surface area contributed by atoms with Crippen LogP contribution in [0.5, 0.6) is 0 Å². The van der Waals surface area contributed by atoms with E-state index >= 15 is 9.18 Å². The topological polar surface area (TPSA) is 167 Å². The first kappa shape index (κ1) is 42.4. The molecule has 3 aromatic heterocycles. The zero-order valence-electron chi connectivity index (χ0n) is 32.7. The maximum absolute atomic E-state index is 16.4. The molecule has 0 spiro atoms. The van der Waals surface area contributed by atoms with Crippen molar-refractivity contribution in [2.75, 3.05) is 24.1 Å². The van der Waals surface area contributed by atoms with Gasteiger partial charge in [0.2, 0.25) is 21.9 Å². The lowest BCUT2D eigenvalue weighted by atomic mass is 9.81. The summed E-state index contributed by atoms with van der Waals surface area (Å²) in [4.78, 5) is 39.9. The van der Waals surface area contributed by atoms with Crippen molar-refractivity contribution in [2.24, 2.45) is 5.73 Å². The summed E-state index contributed by atoms with van der Waals surface area (Å²) in [6, 6.07) is 4.45. The van der Waals surface area contributed by atoms with Crippen molar-refractivity contribution < 1.29 is 39.9 Å². The number of halogens is 6. The normalized spacial score (nSPS) is 20.5. The van der Waals surface area contributed by atoms with E-state index in [1.54, 1.807) is 11.8 Å². The highest BCUT2D eigenvalue weighted by atomic mass is 35.5. The van der Waals surface area contributed by atoms with E-state index in [-0.39, 0.29) is 92.8 Å². The van der Waals surface area contributed by atoms with Crippen molar-refractivity contribution in [1.82, 2.24) is 29.2 Å². The smallest absolute Gasteiger partial charge is 0.268 e. The number of ether oxygens (including phenoxy) is 1. The summed E-state index contributed by atoms with van der Waals surface area (Å²) < 4.78 is 109. The van der Waals surface area contributed by atoms with Gasteiger partial charge in [-0.25, -0.2) is 45.0 Å². The van der Waals surface area contributed by atoms with E-state index in [1.807, 2.05) is 13.8 Å². The first-order valence-electron chi connectivity index (χ1n) is 18.9. The van der Waals surface area contributed by atoms with Crippen molar-refractivity contribution in [3.63, 3.8) is 0 Å². The average molecular weight is 865 g/mol. The van der Waals surface area contributed by atoms with Gasteiger partial charge in [-0.15, -0.1) is 0 Å². The van der Waals surface area contributed by atoms with Crippen LogP contribution >= 0.6 is 11.6 Å². The molecule has 59 heavy (non-hydrogen) atoms. The molecule has 4 heterocycles. The number of carbonyl (C=O) groups is 1. The fourth-order valence-corrected chi connectivity index (χ4v) is 8.82. The van der Waals surface area contributed by atoms with Crippen LogP contribution in [-0.4, -0.2) is 81.0 Å². The lowest BCUT2D eigenvalue weighted by molar-refractivity contribution is -0.146. The highest BCUT2D eigenvalue weighted by Crippen LogP contribution is 2.46. The van der Waals surface area contributed by atoms with Crippen LogP contribution in [0.4, 0.5) is 27.8 Å². The fourth-order valence-electron chi connectivity index (χ4n) is 8.08. The largest absolute Gasteiger partial charge is 0.372 e. The summed E-state index contributed by atoms with van der Waals surface area (Å²) in [5, 5.41) is 4.43. The number of nitrogens with zero attached hydrogens (tertiary/aromatic N) is 6. The number of morpholine rings is 1. The Morgan fingerprint density at radius 1 is 1.02 bits per heavy atom. The Bertz CT molecular complexity index is 2640. The number of fused-ring (bicyclic) bond motifs is 2. The molecule has 2 aliphatic rings. The highest BCUT2D eigenvalue weighted by Gasteiger charge is 2.46. The van der Waals surface area contributed by atoms with E-state index in [4.69, 9.17) is 22.1 Å². The standard InChI is InChI=1S/C39H42ClF5N8O5S/c1-19-12-29(38(43)8-10-39(44,45)11-9-38)47-33-30(19)37(55)52(35(48-33)27(46)15-23-13-24(41)16-25(42)14-23)28-7-6-26(40)31-32(28)53(49-34(31)50-59(5,56)57)22(4)36(54)51-17-20(2)58-21(3)18-51/h6-7,12-14,16,20-22,27H,8-11,15,17-18,46H2,1-5H3,(H,49,50)/t20-,21+,22-,27+/m1/s1. The van der Waals surface area contributed by atoms with Crippen LogP contribution in [0.1, 0.15) is 81.2 Å². The molecule has 2 fully saturated rings. The number of benzene rings is 2. The molecule has 0 radical (unpaired) electrons. The van der Waals surface area contributed by atoms with Gasteiger partial charge in [0.1, 0.15) is 23.5 Å². The van der Waals surface area contributed by atoms with Crippen molar-refractivity contribution in [3.8, 4) is 5.69 Å². The highest BCUT2D eigenvalue weighted by molar-refractivity contribution is 7.92. The van der Waals surface area contributed by atoms with Gasteiger partial charge in [0.25, 0.3) is 5.56 Å². The monoisotopic (exact) mass is 864 g/mol. The molecule has 1 saturated carbocycles. The Balaban J connectivity index is 1.50. The number of alkyl halides is 3. The number of aryl methyl sites for hydroxylation is 1. The molecule has 0 unspecified atom stereocenters. The fraction of sp³-hybridized carbons (Fsp3) is 0.462. The van der Waals surface area contributed by atoms with Gasteiger partial charge in [-0.2, -0.15) is 5.10 Å². The number of nitrogens with two attached hydrogens (primary N) is 1. The summed E-state index contributed by atoms with van der Waals surface area (Å²) in [7, 11) is -4.00. The van der Waals surface area contributed by atoms with Gasteiger partial charge in [0.15, 0.2) is 17.1 Å². The number of carbonyl (C=O) groups excluding carboxylic acids is 1. The molecule has 20 heteroatoms. The van der Waals surface area contributed by atoms with E-state index in [0.29, 0.717) is 6.07 Å². The number of hydrogen-bond donors (Lipinski definition) is 2. The quantitative estimate of drug-likeness (QED) is 0.156. The molecule has 5 aromatic rings. The predicted molar refractivity (Wildman–Crippen MR) is 211 cm³/mol. The van der Waals surface area contributed by atoms with Crippen LogP contribution < -0.4 is 16.0 Å². The third-order valence-electron chi connectivity index (χ3n) is 10.8. The SMILES string of the molecule is Cc1cc(C2(F)CCC(F)(F)CC2)nc2nc([C@@H](N)Cc3cc(F)cc(F)c3)n(-c3ccc(Cl)c4c(NS(C)(=O)=O)nn([C@H](C)C(=O)N5C[C@@H](C)O[C@@H](C)C5)c34)c(=O)c12. The van der Waals surface area contributed by atoms with Crippen LogP contribution in [0.3, 0.4) is 0 Å². The molecule has 2 aromatic carbocycles. The minimum atomic E-state index is -4.00. The molecule has 1 amide bonds. The zero-order valence-corrected chi connectivity index (χ0v) is 34.3. The summed E-state index contributed by atoms with van der Waals surface area (Å²) in [5.74, 6) is -5.71. The first-order chi connectivity index (χ1) is 27.5. The van der Waals surface area contributed by atoms with Gasteiger partial charge in [0.05, 0.1) is 57.2 Å². The van der Waals surface area contributed by atoms with Crippen LogP contribution in [0, 0.1) is 18.6 Å². The number of anilines is 1. The van der Waals surface area contributed by atoms with Gasteiger partial charge >= 0.3 is 0 Å². The van der Waals surface area contributed by atoms with E-state index in [0.717, 1.165) is 23.0 Å². The van der Waals surface area contributed by atoms with Crippen LogP contribution in [0.25, 0.3) is 27.6 Å². The van der Waals surface area contributed by atoms with E-state index in [1.165, 1.54) is 29.8 Å². The molecule has 7 rings (SSSR count). The van der Waals surface area contributed by atoms with Crippen molar-refractivity contribution in [2.45, 2.75) is 95.7 Å². The Kier molecular flexibility index (Phi) is 11.1. The molecule has 3 N–H and O–H groups in total. The van der Waals surface area contributed by atoms with Crippen LogP contribution in [-0.2, 0) is 31.6 Å². The minimum Gasteiger partial charge on any atom is -0.372 e. The Morgan fingerprint density at radius 2 is 1.64 bits per heavy atom. The maximum Gasteiger partial charge on any atom is 0.268 e. The number of hydrogen-bond acceptors (Lipinski definition) is 9. The summed E-state index contributed by atoms with van der Waals surface area (Å²) in [6.45, 7) is 7.19. The van der Waals surface area contributed by atoms with Crippen molar-refractivity contribution >= 4 is 55.3 Å².